The fourth-order valence-corrected chi connectivity index (χ4v) is 3.28. The highest BCUT2D eigenvalue weighted by molar-refractivity contribution is 5.90. The third kappa shape index (κ3) is 4.41. The van der Waals surface area contributed by atoms with Gasteiger partial charge in [0.15, 0.2) is 0 Å². The first kappa shape index (κ1) is 21.0. The van der Waals surface area contributed by atoms with Crippen molar-refractivity contribution in [3.05, 3.63) is 60.4 Å². The smallest absolute Gasteiger partial charge is 0.414 e. The van der Waals surface area contributed by atoms with Crippen molar-refractivity contribution in [1.82, 2.24) is 19.9 Å². The molecule has 1 atom stereocenters. The molecule has 0 aliphatic carbocycles. The number of nitrogens with one attached hydrogen (secondary N) is 1. The van der Waals surface area contributed by atoms with E-state index in [0.717, 1.165) is 0 Å². The zero-order valence-corrected chi connectivity index (χ0v) is 17.0. The molecule has 4 rings (SSSR count). The van der Waals surface area contributed by atoms with E-state index in [1.54, 1.807) is 35.2 Å². The fraction of sp³-hybridized carbons (Fsp3) is 0.190. The number of anilines is 1. The predicted octanol–water partition coefficient (Wildman–Crippen LogP) is 2.34. The number of rotatable bonds is 6. The van der Waals surface area contributed by atoms with E-state index in [2.05, 4.69) is 20.4 Å². The molecule has 2 N–H and O–H groups in total. The van der Waals surface area contributed by atoms with Crippen molar-refractivity contribution in [1.29, 1.82) is 0 Å². The number of benzene rings is 1. The molecule has 11 heteroatoms. The Balaban J connectivity index is 1.49. The Morgan fingerprint density at radius 2 is 2.16 bits per heavy atom. The van der Waals surface area contributed by atoms with Crippen LogP contribution in [0.2, 0.25) is 0 Å². The van der Waals surface area contributed by atoms with Gasteiger partial charge in [-0.2, -0.15) is 0 Å². The highest BCUT2D eigenvalue weighted by atomic mass is 19.1. The van der Waals surface area contributed by atoms with Crippen LogP contribution in [0.25, 0.3) is 17.1 Å². The Kier molecular flexibility index (Phi) is 5.79. The normalized spacial score (nSPS) is 15.9. The third-order valence-corrected chi connectivity index (χ3v) is 4.82. The molecular formula is C21H19FN6O4. The van der Waals surface area contributed by atoms with Gasteiger partial charge < -0.3 is 15.3 Å². The number of hydrogen-bond acceptors (Lipinski definition) is 7. The van der Waals surface area contributed by atoms with Crippen molar-refractivity contribution in [3.8, 4) is 17.1 Å². The van der Waals surface area contributed by atoms with E-state index in [1.807, 2.05) is 0 Å². The Morgan fingerprint density at radius 1 is 1.38 bits per heavy atom. The molecule has 1 aliphatic rings. The fourth-order valence-electron chi connectivity index (χ4n) is 3.28. The Bertz CT molecular complexity index is 1180. The molecule has 32 heavy (non-hydrogen) atoms. The van der Waals surface area contributed by atoms with E-state index in [9.17, 15) is 14.0 Å². The second kappa shape index (κ2) is 8.84. The summed E-state index contributed by atoms with van der Waals surface area (Å²) in [6.45, 7) is 1.77. The molecule has 2 amide bonds. The zero-order valence-electron chi connectivity index (χ0n) is 17.0. The molecule has 1 aliphatic heterocycles. The van der Waals surface area contributed by atoms with Crippen LogP contribution in [0, 0.1) is 5.82 Å². The molecule has 3 heterocycles. The van der Waals surface area contributed by atoms with E-state index in [4.69, 9.17) is 9.94 Å². The Hall–Kier alpha value is -4.28. The van der Waals surface area contributed by atoms with Crippen LogP contribution in [0.4, 0.5) is 14.9 Å². The summed E-state index contributed by atoms with van der Waals surface area (Å²) >= 11 is 0. The molecule has 0 radical (unpaired) electrons. The van der Waals surface area contributed by atoms with E-state index < -0.39 is 18.0 Å². The lowest BCUT2D eigenvalue weighted by Crippen LogP contribution is -2.33. The van der Waals surface area contributed by atoms with Crippen molar-refractivity contribution in [3.63, 3.8) is 0 Å². The summed E-state index contributed by atoms with van der Waals surface area (Å²) in [5.74, 6) is -0.396. The quantitative estimate of drug-likeness (QED) is 0.346. The Labute approximate surface area is 182 Å². The molecule has 0 bridgehead atoms. The van der Waals surface area contributed by atoms with E-state index in [1.165, 1.54) is 36.5 Å². The van der Waals surface area contributed by atoms with E-state index >= 15 is 0 Å². The van der Waals surface area contributed by atoms with Gasteiger partial charge >= 0.3 is 6.09 Å². The van der Waals surface area contributed by atoms with Gasteiger partial charge in [-0.05, 0) is 24.3 Å². The van der Waals surface area contributed by atoms with E-state index in [0.29, 0.717) is 22.8 Å². The first-order chi connectivity index (χ1) is 15.4. The number of hydrogen-bond donors (Lipinski definition) is 2. The number of carbonyl (C=O) groups is 2. The second-order valence-electron chi connectivity index (χ2n) is 7.09. The molecule has 10 nitrogen and oxygen atoms in total. The van der Waals surface area contributed by atoms with Crippen LogP contribution in [0.1, 0.15) is 12.5 Å². The number of ether oxygens (including phenoxy) is 1. The van der Waals surface area contributed by atoms with Crippen LogP contribution in [0.3, 0.4) is 0 Å². The molecule has 2 aromatic heterocycles. The molecule has 3 aromatic rings. The number of aromatic nitrogens is 3. The monoisotopic (exact) mass is 438 g/mol. The minimum absolute atomic E-state index is 0.192. The van der Waals surface area contributed by atoms with Crippen LogP contribution in [0.5, 0.6) is 0 Å². The van der Waals surface area contributed by atoms with Crippen LogP contribution in [0.15, 0.2) is 54.2 Å². The van der Waals surface area contributed by atoms with Crippen LogP contribution < -0.4 is 10.2 Å². The molecule has 1 aromatic carbocycles. The topological polar surface area (TPSA) is 122 Å². The van der Waals surface area contributed by atoms with Gasteiger partial charge in [-0.3, -0.25) is 14.3 Å². The van der Waals surface area contributed by atoms with Gasteiger partial charge in [-0.1, -0.05) is 5.16 Å². The average molecular weight is 438 g/mol. The highest BCUT2D eigenvalue weighted by Crippen LogP contribution is 2.28. The maximum atomic E-state index is 14.8. The van der Waals surface area contributed by atoms with E-state index in [-0.39, 0.29) is 24.6 Å². The van der Waals surface area contributed by atoms with Gasteiger partial charge in [0.2, 0.25) is 11.9 Å². The molecule has 164 valence electrons. The molecule has 1 fully saturated rings. The molecule has 0 saturated carbocycles. The average Bonchev–Trinajstić information content (AvgIpc) is 3.39. The largest absolute Gasteiger partial charge is 0.442 e. The van der Waals surface area contributed by atoms with Crippen molar-refractivity contribution in [2.45, 2.75) is 13.0 Å². The summed E-state index contributed by atoms with van der Waals surface area (Å²) in [6, 6.07) is 6.13. The number of halogens is 1. The number of amides is 2. The summed E-state index contributed by atoms with van der Waals surface area (Å²) in [5.41, 5.74) is 1.77. The first-order valence-electron chi connectivity index (χ1n) is 9.65. The Morgan fingerprint density at radius 3 is 2.84 bits per heavy atom. The first-order valence-corrected chi connectivity index (χ1v) is 9.65. The van der Waals surface area contributed by atoms with Gasteiger partial charge in [0.05, 0.1) is 25.0 Å². The van der Waals surface area contributed by atoms with Crippen LogP contribution >= 0.6 is 0 Å². The van der Waals surface area contributed by atoms with Crippen LogP contribution in [-0.4, -0.2) is 57.2 Å². The van der Waals surface area contributed by atoms with Crippen molar-refractivity contribution < 1.29 is 23.9 Å². The minimum atomic E-state index is -0.600. The maximum Gasteiger partial charge on any atom is 0.414 e. The van der Waals surface area contributed by atoms with Gasteiger partial charge in [0.1, 0.15) is 11.9 Å². The standard InChI is InChI=1S/C21H19FN6O4/c1-13(29)23-10-17-12-28(21(30)32-17)16-2-3-18(19(22)6-16)15-8-24-20(25-9-15)27-5-4-14(11-27)7-26-31/h2-9,11,17,31H,10,12H2,1H3,(H,23,29)/b26-7-/t17-/m0/s1. The van der Waals surface area contributed by atoms with Crippen LogP contribution in [-0.2, 0) is 9.53 Å². The minimum Gasteiger partial charge on any atom is -0.442 e. The molecule has 1 saturated heterocycles. The number of nitrogens with zero attached hydrogens (tertiary/aromatic N) is 5. The molecule has 0 spiro atoms. The summed E-state index contributed by atoms with van der Waals surface area (Å²) in [4.78, 5) is 33.0. The van der Waals surface area contributed by atoms with Crippen molar-refractivity contribution in [2.24, 2.45) is 5.16 Å². The lowest BCUT2D eigenvalue weighted by Gasteiger charge is -2.14. The van der Waals surface area contributed by atoms with Crippen molar-refractivity contribution >= 4 is 23.9 Å². The SMILES string of the molecule is CC(=O)NC[C@H]1CN(c2ccc(-c3cnc(-n4ccc(/C=N\O)c4)nc3)c(F)c2)C(=O)O1. The number of oxime groups is 1. The van der Waals surface area contributed by atoms with Gasteiger partial charge in [-0.25, -0.2) is 19.2 Å². The number of carbonyl (C=O) groups excluding carboxylic acids is 2. The zero-order chi connectivity index (χ0) is 22.7. The predicted molar refractivity (Wildman–Crippen MR) is 112 cm³/mol. The van der Waals surface area contributed by atoms with Gasteiger partial charge in [0.25, 0.3) is 0 Å². The van der Waals surface area contributed by atoms with Gasteiger partial charge in [-0.15, -0.1) is 0 Å². The summed E-state index contributed by atoms with van der Waals surface area (Å²) < 4.78 is 21.7. The lowest BCUT2D eigenvalue weighted by atomic mass is 10.1. The summed E-state index contributed by atoms with van der Waals surface area (Å²) in [6.07, 6.45) is 6.54. The second-order valence-corrected chi connectivity index (χ2v) is 7.09. The van der Waals surface area contributed by atoms with Gasteiger partial charge in [0, 0.05) is 48.4 Å². The third-order valence-electron chi connectivity index (χ3n) is 4.82. The highest BCUT2D eigenvalue weighted by Gasteiger charge is 2.32. The number of cyclic esters (lactones) is 1. The lowest BCUT2D eigenvalue weighted by molar-refractivity contribution is -0.119. The molecular weight excluding hydrogens is 419 g/mol. The van der Waals surface area contributed by atoms with Crippen molar-refractivity contribution in [2.75, 3.05) is 18.0 Å². The summed E-state index contributed by atoms with van der Waals surface area (Å²) in [5, 5.41) is 14.2. The summed E-state index contributed by atoms with van der Waals surface area (Å²) in [7, 11) is 0. The molecule has 0 unspecified atom stereocenters. The maximum absolute atomic E-state index is 14.8.